The van der Waals surface area contributed by atoms with Crippen LogP contribution in [0.4, 0.5) is 5.69 Å². The molecule has 0 bridgehead atoms. The van der Waals surface area contributed by atoms with Gasteiger partial charge in [-0.15, -0.1) is 0 Å². The summed E-state index contributed by atoms with van der Waals surface area (Å²) < 4.78 is 34.8. The summed E-state index contributed by atoms with van der Waals surface area (Å²) in [5, 5.41) is 0. The summed E-state index contributed by atoms with van der Waals surface area (Å²) in [6.07, 6.45) is 2.04. The third-order valence-corrected chi connectivity index (χ3v) is 5.61. The summed E-state index contributed by atoms with van der Waals surface area (Å²) in [5.74, 6) is -0.318. The van der Waals surface area contributed by atoms with E-state index in [1.54, 1.807) is 13.0 Å². The Morgan fingerprint density at radius 3 is 2.36 bits per heavy atom. The lowest BCUT2D eigenvalue weighted by atomic mass is 10.1. The second-order valence-electron chi connectivity index (χ2n) is 5.11. The van der Waals surface area contributed by atoms with Crippen LogP contribution in [0.5, 0.6) is 5.75 Å². The quantitative estimate of drug-likeness (QED) is 0.769. The van der Waals surface area contributed by atoms with Gasteiger partial charge in [-0.3, -0.25) is 0 Å². The van der Waals surface area contributed by atoms with Crippen LogP contribution < -0.4 is 9.64 Å². The lowest BCUT2D eigenvalue weighted by Crippen LogP contribution is -2.22. The predicted octanol–water partition coefficient (Wildman–Crippen LogP) is 1.88. The van der Waals surface area contributed by atoms with E-state index in [0.717, 1.165) is 25.9 Å². The Kier molecular flexibility index (Phi) is 4.95. The standard InChI is InChI=1S/C15H21NO5S/c1-4-22(18,19)14-9-11(15(17)21-3)13(20-2)10-12(14)16-7-5-6-8-16/h9-10H,4-8H2,1-3H3. The number of rotatable bonds is 5. The third-order valence-electron chi connectivity index (χ3n) is 3.85. The van der Waals surface area contributed by atoms with E-state index in [4.69, 9.17) is 9.47 Å². The Labute approximate surface area is 130 Å². The predicted molar refractivity (Wildman–Crippen MR) is 83.5 cm³/mol. The first kappa shape index (κ1) is 16.6. The molecule has 1 saturated heterocycles. The molecule has 0 atom stereocenters. The van der Waals surface area contributed by atoms with Crippen LogP contribution in [0.1, 0.15) is 30.1 Å². The molecule has 6 nitrogen and oxygen atoms in total. The second-order valence-corrected chi connectivity index (χ2v) is 7.36. The molecular weight excluding hydrogens is 306 g/mol. The van der Waals surface area contributed by atoms with E-state index in [0.29, 0.717) is 11.4 Å². The fourth-order valence-corrected chi connectivity index (χ4v) is 3.71. The highest BCUT2D eigenvalue weighted by Gasteiger charge is 2.27. The molecule has 0 aromatic heterocycles. The normalized spacial score (nSPS) is 15.0. The van der Waals surface area contributed by atoms with Crippen LogP contribution >= 0.6 is 0 Å². The van der Waals surface area contributed by atoms with Gasteiger partial charge in [-0.2, -0.15) is 0 Å². The van der Waals surface area contributed by atoms with Crippen molar-refractivity contribution in [3.05, 3.63) is 17.7 Å². The van der Waals surface area contributed by atoms with E-state index < -0.39 is 15.8 Å². The number of ether oxygens (including phenoxy) is 2. The fraction of sp³-hybridized carbons (Fsp3) is 0.533. The van der Waals surface area contributed by atoms with Crippen molar-refractivity contribution in [3.8, 4) is 5.75 Å². The van der Waals surface area contributed by atoms with Crippen LogP contribution in [0.3, 0.4) is 0 Å². The molecule has 0 saturated carbocycles. The lowest BCUT2D eigenvalue weighted by molar-refractivity contribution is 0.0597. The van der Waals surface area contributed by atoms with E-state index in [1.165, 1.54) is 20.3 Å². The fourth-order valence-electron chi connectivity index (χ4n) is 2.60. The average Bonchev–Trinajstić information content (AvgIpc) is 3.07. The minimum Gasteiger partial charge on any atom is -0.496 e. The SMILES string of the molecule is CCS(=O)(=O)c1cc(C(=O)OC)c(OC)cc1N1CCCC1. The lowest BCUT2D eigenvalue weighted by Gasteiger charge is -2.23. The number of hydrogen-bond donors (Lipinski definition) is 0. The highest BCUT2D eigenvalue weighted by Crippen LogP contribution is 2.35. The van der Waals surface area contributed by atoms with E-state index >= 15 is 0 Å². The molecule has 122 valence electrons. The Morgan fingerprint density at radius 1 is 1.23 bits per heavy atom. The number of carbonyl (C=O) groups excluding carboxylic acids is 1. The number of carbonyl (C=O) groups is 1. The summed E-state index contributed by atoms with van der Waals surface area (Å²) in [7, 11) is -0.758. The molecule has 2 rings (SSSR count). The zero-order valence-electron chi connectivity index (χ0n) is 13.1. The van der Waals surface area contributed by atoms with Crippen LogP contribution in [0, 0.1) is 0 Å². The Bertz CT molecular complexity index is 663. The van der Waals surface area contributed by atoms with Gasteiger partial charge in [0.15, 0.2) is 9.84 Å². The van der Waals surface area contributed by atoms with E-state index in [1.807, 2.05) is 4.90 Å². The molecule has 7 heteroatoms. The highest BCUT2D eigenvalue weighted by molar-refractivity contribution is 7.91. The first-order valence-corrected chi connectivity index (χ1v) is 8.88. The Hall–Kier alpha value is -1.76. The van der Waals surface area contributed by atoms with E-state index in [2.05, 4.69) is 0 Å². The monoisotopic (exact) mass is 327 g/mol. The molecule has 1 aliphatic heterocycles. The van der Waals surface area contributed by atoms with Gasteiger partial charge in [0, 0.05) is 19.2 Å². The van der Waals surface area contributed by atoms with Crippen LogP contribution in [0.15, 0.2) is 17.0 Å². The van der Waals surface area contributed by atoms with Gasteiger partial charge in [0.25, 0.3) is 0 Å². The van der Waals surface area contributed by atoms with Gasteiger partial charge in [0.2, 0.25) is 0 Å². The van der Waals surface area contributed by atoms with Crippen molar-refractivity contribution in [2.45, 2.75) is 24.7 Å². The van der Waals surface area contributed by atoms with Crippen molar-refractivity contribution in [1.82, 2.24) is 0 Å². The first-order chi connectivity index (χ1) is 10.4. The molecule has 1 aromatic carbocycles. The first-order valence-electron chi connectivity index (χ1n) is 7.22. The maximum atomic E-state index is 12.4. The average molecular weight is 327 g/mol. The third kappa shape index (κ3) is 3.04. The Balaban J connectivity index is 2.68. The van der Waals surface area contributed by atoms with Crippen molar-refractivity contribution in [1.29, 1.82) is 0 Å². The number of esters is 1. The van der Waals surface area contributed by atoms with Gasteiger partial charge in [-0.05, 0) is 18.9 Å². The molecule has 1 heterocycles. The minimum absolute atomic E-state index is 0.0270. The number of benzene rings is 1. The van der Waals surface area contributed by atoms with Crippen molar-refractivity contribution < 1.29 is 22.7 Å². The summed E-state index contributed by atoms with van der Waals surface area (Å²) in [6.45, 7) is 3.19. The number of sulfone groups is 1. The maximum Gasteiger partial charge on any atom is 0.341 e. The van der Waals surface area contributed by atoms with Gasteiger partial charge in [-0.1, -0.05) is 6.92 Å². The van der Waals surface area contributed by atoms with Gasteiger partial charge in [0.05, 0.1) is 30.6 Å². The van der Waals surface area contributed by atoms with Crippen LogP contribution in [-0.2, 0) is 14.6 Å². The van der Waals surface area contributed by atoms with Gasteiger partial charge in [0.1, 0.15) is 11.3 Å². The largest absolute Gasteiger partial charge is 0.496 e. The number of anilines is 1. The molecule has 0 aliphatic carbocycles. The minimum atomic E-state index is -3.46. The van der Waals surface area contributed by atoms with Crippen LogP contribution in [-0.4, -0.2) is 47.4 Å². The zero-order valence-corrected chi connectivity index (χ0v) is 13.9. The molecule has 0 amide bonds. The van der Waals surface area contributed by atoms with Crippen LogP contribution in [0.2, 0.25) is 0 Å². The van der Waals surface area contributed by atoms with Crippen molar-refractivity contribution in [2.24, 2.45) is 0 Å². The number of methoxy groups -OCH3 is 2. The van der Waals surface area contributed by atoms with E-state index in [9.17, 15) is 13.2 Å². The summed E-state index contributed by atoms with van der Waals surface area (Å²) >= 11 is 0. The van der Waals surface area contributed by atoms with Gasteiger partial charge in [-0.25, -0.2) is 13.2 Å². The maximum absolute atomic E-state index is 12.4. The smallest absolute Gasteiger partial charge is 0.341 e. The summed E-state index contributed by atoms with van der Waals surface area (Å²) in [6, 6.07) is 3.00. The molecular formula is C15H21NO5S. The molecule has 22 heavy (non-hydrogen) atoms. The molecule has 1 aliphatic rings. The molecule has 0 unspecified atom stereocenters. The summed E-state index contributed by atoms with van der Waals surface area (Å²) in [4.78, 5) is 14.1. The van der Waals surface area contributed by atoms with Crippen molar-refractivity contribution in [3.63, 3.8) is 0 Å². The van der Waals surface area contributed by atoms with Crippen LogP contribution in [0.25, 0.3) is 0 Å². The molecule has 0 radical (unpaired) electrons. The number of nitrogens with zero attached hydrogens (tertiary/aromatic N) is 1. The zero-order chi connectivity index (χ0) is 16.3. The topological polar surface area (TPSA) is 72.9 Å². The van der Waals surface area contributed by atoms with Crippen molar-refractivity contribution >= 4 is 21.5 Å². The molecule has 0 spiro atoms. The van der Waals surface area contributed by atoms with E-state index in [-0.39, 0.29) is 16.2 Å². The van der Waals surface area contributed by atoms with Crippen molar-refractivity contribution in [2.75, 3.05) is 38.0 Å². The second kappa shape index (κ2) is 6.56. The summed E-state index contributed by atoms with van der Waals surface area (Å²) in [5.41, 5.74) is 0.726. The number of hydrogen-bond acceptors (Lipinski definition) is 6. The highest BCUT2D eigenvalue weighted by atomic mass is 32.2. The molecule has 1 aromatic rings. The van der Waals surface area contributed by atoms with Gasteiger partial charge < -0.3 is 14.4 Å². The Morgan fingerprint density at radius 2 is 1.86 bits per heavy atom. The van der Waals surface area contributed by atoms with Gasteiger partial charge >= 0.3 is 5.97 Å². The molecule has 0 N–H and O–H groups in total. The molecule has 1 fully saturated rings.